The molecular weight excluding hydrogens is 278 g/mol. The number of hydrogen-bond acceptors (Lipinski definition) is 4. The fourth-order valence-electron chi connectivity index (χ4n) is 2.06. The molecule has 106 valence electrons. The van der Waals surface area contributed by atoms with Crippen LogP contribution < -0.4 is 5.32 Å². The second-order valence-electron chi connectivity index (χ2n) is 4.54. The molecule has 0 radical (unpaired) electrons. The van der Waals surface area contributed by atoms with Crippen molar-refractivity contribution in [3.63, 3.8) is 0 Å². The number of amides is 1. The van der Waals surface area contributed by atoms with Gasteiger partial charge in [-0.1, -0.05) is 36.4 Å². The second kappa shape index (κ2) is 5.94. The number of anilines is 1. The fourth-order valence-corrected chi connectivity index (χ4v) is 2.06. The van der Waals surface area contributed by atoms with Crippen LogP contribution in [0.15, 0.2) is 65.4 Å². The Labute approximate surface area is 126 Å². The molecule has 22 heavy (non-hydrogen) atoms. The van der Waals surface area contributed by atoms with E-state index in [1.807, 2.05) is 36.4 Å². The maximum atomic E-state index is 12.4. The van der Waals surface area contributed by atoms with E-state index in [1.54, 1.807) is 24.3 Å². The number of aromatic nitrogens is 1. The predicted molar refractivity (Wildman–Crippen MR) is 81.0 cm³/mol. The van der Waals surface area contributed by atoms with Crippen LogP contribution in [-0.4, -0.2) is 10.9 Å². The van der Waals surface area contributed by atoms with E-state index in [0.29, 0.717) is 17.0 Å². The molecule has 0 saturated carbocycles. The molecule has 1 heterocycles. The smallest absolute Gasteiger partial charge is 0.278 e. The van der Waals surface area contributed by atoms with Crippen molar-refractivity contribution in [1.82, 2.24) is 4.98 Å². The summed E-state index contributed by atoms with van der Waals surface area (Å²) in [6, 6.07) is 18.0. The zero-order chi connectivity index (χ0) is 15.4. The first kappa shape index (κ1) is 13.6. The third-order valence-corrected chi connectivity index (χ3v) is 3.07. The molecule has 0 fully saturated rings. The lowest BCUT2D eigenvalue weighted by Gasteiger charge is -2.05. The Balaban J connectivity index is 1.88. The van der Waals surface area contributed by atoms with E-state index < -0.39 is 0 Å². The summed E-state index contributed by atoms with van der Waals surface area (Å²) in [6.45, 7) is 0. The molecule has 3 rings (SSSR count). The molecule has 0 atom stereocenters. The SMILES string of the molecule is N#Cc1cccc(NC(=O)c2ncoc2-c2ccccc2)c1. The summed E-state index contributed by atoms with van der Waals surface area (Å²) in [5.74, 6) is 0.0252. The van der Waals surface area contributed by atoms with Crippen molar-refractivity contribution in [2.45, 2.75) is 0 Å². The van der Waals surface area contributed by atoms with Gasteiger partial charge >= 0.3 is 0 Å². The predicted octanol–water partition coefficient (Wildman–Crippen LogP) is 3.47. The standard InChI is InChI=1S/C17H11N3O2/c18-10-12-5-4-8-14(9-12)20-17(21)15-16(22-11-19-15)13-6-2-1-3-7-13/h1-9,11H,(H,20,21). The number of nitrogens with one attached hydrogen (secondary N) is 1. The number of oxazole rings is 1. The molecule has 0 aliphatic heterocycles. The van der Waals surface area contributed by atoms with Crippen molar-refractivity contribution in [2.75, 3.05) is 5.32 Å². The molecule has 5 heteroatoms. The molecule has 0 aliphatic rings. The normalized spacial score (nSPS) is 9.95. The van der Waals surface area contributed by atoms with Crippen molar-refractivity contribution in [3.05, 3.63) is 72.2 Å². The van der Waals surface area contributed by atoms with Crippen molar-refractivity contribution >= 4 is 11.6 Å². The molecule has 0 bridgehead atoms. The van der Waals surface area contributed by atoms with Gasteiger partial charge < -0.3 is 9.73 Å². The average molecular weight is 289 g/mol. The van der Waals surface area contributed by atoms with Gasteiger partial charge in [0.05, 0.1) is 11.6 Å². The molecule has 0 unspecified atom stereocenters. The van der Waals surface area contributed by atoms with E-state index in [4.69, 9.17) is 9.68 Å². The lowest BCUT2D eigenvalue weighted by Crippen LogP contribution is -2.13. The van der Waals surface area contributed by atoms with Gasteiger partial charge in [0.15, 0.2) is 17.8 Å². The highest BCUT2D eigenvalue weighted by molar-refractivity contribution is 6.06. The highest BCUT2D eigenvalue weighted by Gasteiger charge is 2.18. The molecule has 1 amide bonds. The number of benzene rings is 2. The Morgan fingerprint density at radius 3 is 2.73 bits per heavy atom. The van der Waals surface area contributed by atoms with Crippen LogP contribution in [0, 0.1) is 11.3 Å². The maximum Gasteiger partial charge on any atom is 0.278 e. The summed E-state index contributed by atoms with van der Waals surface area (Å²) in [7, 11) is 0. The lowest BCUT2D eigenvalue weighted by atomic mass is 10.1. The van der Waals surface area contributed by atoms with Crippen molar-refractivity contribution in [1.29, 1.82) is 5.26 Å². The molecule has 0 saturated heterocycles. The Morgan fingerprint density at radius 1 is 1.14 bits per heavy atom. The number of carbonyl (C=O) groups is 1. The summed E-state index contributed by atoms with van der Waals surface area (Å²) in [5, 5.41) is 11.6. The molecule has 5 nitrogen and oxygen atoms in total. The highest BCUT2D eigenvalue weighted by atomic mass is 16.3. The van der Waals surface area contributed by atoms with E-state index in [-0.39, 0.29) is 11.6 Å². The summed E-state index contributed by atoms with van der Waals surface area (Å²) in [4.78, 5) is 16.3. The minimum atomic E-state index is -0.386. The van der Waals surface area contributed by atoms with Crippen LogP contribution in [-0.2, 0) is 0 Å². The first-order chi connectivity index (χ1) is 10.8. The molecule has 2 aromatic carbocycles. The zero-order valence-corrected chi connectivity index (χ0v) is 11.5. The van der Waals surface area contributed by atoms with Crippen LogP contribution in [0.2, 0.25) is 0 Å². The number of nitrogens with zero attached hydrogens (tertiary/aromatic N) is 2. The monoisotopic (exact) mass is 289 g/mol. The number of nitriles is 1. The van der Waals surface area contributed by atoms with Crippen molar-refractivity contribution in [2.24, 2.45) is 0 Å². The average Bonchev–Trinajstić information content (AvgIpc) is 3.05. The van der Waals surface area contributed by atoms with Gasteiger partial charge in [0, 0.05) is 11.3 Å². The molecule has 0 aliphatic carbocycles. The Bertz CT molecular complexity index is 848. The van der Waals surface area contributed by atoms with Crippen LogP contribution in [0.25, 0.3) is 11.3 Å². The van der Waals surface area contributed by atoms with E-state index in [2.05, 4.69) is 10.3 Å². The van der Waals surface area contributed by atoms with Crippen molar-refractivity contribution in [3.8, 4) is 17.4 Å². The van der Waals surface area contributed by atoms with E-state index in [0.717, 1.165) is 5.56 Å². The Hall–Kier alpha value is -3.39. The number of rotatable bonds is 3. The molecule has 0 spiro atoms. The lowest BCUT2D eigenvalue weighted by molar-refractivity contribution is 0.102. The minimum Gasteiger partial charge on any atom is -0.443 e. The second-order valence-corrected chi connectivity index (χ2v) is 4.54. The largest absolute Gasteiger partial charge is 0.443 e. The topological polar surface area (TPSA) is 78.9 Å². The van der Waals surface area contributed by atoms with Gasteiger partial charge in [0.25, 0.3) is 5.91 Å². The van der Waals surface area contributed by atoms with E-state index >= 15 is 0 Å². The van der Waals surface area contributed by atoms with Gasteiger partial charge in [-0.15, -0.1) is 0 Å². The van der Waals surface area contributed by atoms with Crippen LogP contribution >= 0.6 is 0 Å². The van der Waals surface area contributed by atoms with Crippen LogP contribution in [0.3, 0.4) is 0 Å². The van der Waals surface area contributed by atoms with Gasteiger partial charge in [-0.05, 0) is 18.2 Å². The van der Waals surface area contributed by atoms with E-state index in [1.165, 1.54) is 6.39 Å². The Morgan fingerprint density at radius 2 is 1.95 bits per heavy atom. The third-order valence-electron chi connectivity index (χ3n) is 3.07. The highest BCUT2D eigenvalue weighted by Crippen LogP contribution is 2.23. The van der Waals surface area contributed by atoms with Gasteiger partial charge in [0.2, 0.25) is 0 Å². The molecular formula is C17H11N3O2. The van der Waals surface area contributed by atoms with Crippen LogP contribution in [0.5, 0.6) is 0 Å². The first-order valence-electron chi connectivity index (χ1n) is 6.58. The Kier molecular flexibility index (Phi) is 3.67. The molecule has 3 aromatic rings. The summed E-state index contributed by atoms with van der Waals surface area (Å²) >= 11 is 0. The van der Waals surface area contributed by atoms with Crippen LogP contribution in [0.4, 0.5) is 5.69 Å². The van der Waals surface area contributed by atoms with Gasteiger partial charge in [0.1, 0.15) is 0 Å². The van der Waals surface area contributed by atoms with Gasteiger partial charge in [-0.3, -0.25) is 4.79 Å². The third kappa shape index (κ3) is 2.72. The zero-order valence-electron chi connectivity index (χ0n) is 11.5. The summed E-state index contributed by atoms with van der Waals surface area (Å²) < 4.78 is 5.33. The minimum absolute atomic E-state index is 0.202. The summed E-state index contributed by atoms with van der Waals surface area (Å²) in [5.41, 5.74) is 1.98. The van der Waals surface area contributed by atoms with Crippen molar-refractivity contribution < 1.29 is 9.21 Å². The quantitative estimate of drug-likeness (QED) is 0.800. The molecule has 1 aromatic heterocycles. The number of carbonyl (C=O) groups excluding carboxylic acids is 1. The maximum absolute atomic E-state index is 12.4. The number of hydrogen-bond donors (Lipinski definition) is 1. The first-order valence-corrected chi connectivity index (χ1v) is 6.58. The fraction of sp³-hybridized carbons (Fsp3) is 0. The van der Waals surface area contributed by atoms with E-state index in [9.17, 15) is 4.79 Å². The summed E-state index contributed by atoms with van der Waals surface area (Å²) in [6.07, 6.45) is 1.24. The van der Waals surface area contributed by atoms with Crippen LogP contribution in [0.1, 0.15) is 16.1 Å². The van der Waals surface area contributed by atoms with Gasteiger partial charge in [-0.25, -0.2) is 4.98 Å². The van der Waals surface area contributed by atoms with Gasteiger partial charge in [-0.2, -0.15) is 5.26 Å². The molecule has 1 N–H and O–H groups in total.